The maximum absolute atomic E-state index is 12.1. The number of rotatable bonds is 5. The maximum atomic E-state index is 12.1. The number of halogens is 1. The molecule has 0 spiro atoms. The molecule has 1 N–H and O–H groups in total. The van der Waals surface area contributed by atoms with Gasteiger partial charge < -0.3 is 5.32 Å². The molecular formula is C16H13ClN2OS3. The summed E-state index contributed by atoms with van der Waals surface area (Å²) in [5, 5.41) is 5.38. The lowest BCUT2D eigenvalue weighted by Crippen LogP contribution is -2.14. The van der Waals surface area contributed by atoms with E-state index in [9.17, 15) is 4.79 Å². The summed E-state index contributed by atoms with van der Waals surface area (Å²) in [6.45, 7) is 0. The molecule has 0 radical (unpaired) electrons. The van der Waals surface area contributed by atoms with Gasteiger partial charge in [-0.3, -0.25) is 4.79 Å². The highest BCUT2D eigenvalue weighted by atomic mass is 35.5. The highest BCUT2D eigenvalue weighted by molar-refractivity contribution is 7.98. The van der Waals surface area contributed by atoms with Crippen LogP contribution in [-0.2, 0) is 11.2 Å². The monoisotopic (exact) mass is 380 g/mol. The van der Waals surface area contributed by atoms with E-state index in [-0.39, 0.29) is 5.91 Å². The van der Waals surface area contributed by atoms with Gasteiger partial charge in [0.05, 0.1) is 21.3 Å². The predicted octanol–water partition coefficient (Wildman–Crippen LogP) is 5.43. The number of amides is 1. The van der Waals surface area contributed by atoms with Gasteiger partial charge in [-0.25, -0.2) is 4.98 Å². The van der Waals surface area contributed by atoms with Crippen LogP contribution in [0.2, 0.25) is 4.34 Å². The molecule has 1 aromatic carbocycles. The number of benzene rings is 1. The molecule has 23 heavy (non-hydrogen) atoms. The smallest absolute Gasteiger partial charge is 0.230 e. The molecule has 0 unspecified atom stereocenters. The Balaban J connectivity index is 1.62. The van der Waals surface area contributed by atoms with Gasteiger partial charge in [0.1, 0.15) is 0 Å². The first-order chi connectivity index (χ1) is 11.1. The van der Waals surface area contributed by atoms with Crippen LogP contribution in [0.3, 0.4) is 0 Å². The number of thioether (sulfide) groups is 1. The van der Waals surface area contributed by atoms with Gasteiger partial charge in [0.2, 0.25) is 5.91 Å². The molecule has 2 aromatic heterocycles. The van der Waals surface area contributed by atoms with Crippen LogP contribution in [0.1, 0.15) is 5.56 Å². The van der Waals surface area contributed by atoms with E-state index in [1.807, 2.05) is 48.0 Å². The minimum Gasteiger partial charge on any atom is -0.302 e. The Morgan fingerprint density at radius 3 is 2.70 bits per heavy atom. The number of thiazole rings is 1. The van der Waals surface area contributed by atoms with E-state index in [1.165, 1.54) is 27.6 Å². The number of carbonyl (C=O) groups is 1. The van der Waals surface area contributed by atoms with E-state index in [0.29, 0.717) is 11.6 Å². The number of anilines is 1. The molecule has 3 rings (SSSR count). The van der Waals surface area contributed by atoms with Crippen LogP contribution in [0.4, 0.5) is 5.13 Å². The van der Waals surface area contributed by atoms with Gasteiger partial charge in [0.15, 0.2) is 5.13 Å². The minimum atomic E-state index is -0.0630. The second-order valence-electron chi connectivity index (χ2n) is 4.71. The molecule has 0 aliphatic carbocycles. The summed E-state index contributed by atoms with van der Waals surface area (Å²) in [7, 11) is 0. The number of thiophene rings is 1. The van der Waals surface area contributed by atoms with Crippen molar-refractivity contribution in [2.75, 3.05) is 11.6 Å². The molecule has 118 valence electrons. The van der Waals surface area contributed by atoms with Crippen molar-refractivity contribution in [1.82, 2.24) is 4.98 Å². The molecule has 0 saturated carbocycles. The van der Waals surface area contributed by atoms with Crippen molar-refractivity contribution >= 4 is 57.1 Å². The van der Waals surface area contributed by atoms with Crippen LogP contribution in [0.15, 0.2) is 46.7 Å². The van der Waals surface area contributed by atoms with Crippen molar-refractivity contribution in [3.05, 3.63) is 51.7 Å². The van der Waals surface area contributed by atoms with Crippen molar-refractivity contribution in [3.63, 3.8) is 0 Å². The normalized spacial score (nSPS) is 10.7. The predicted molar refractivity (Wildman–Crippen MR) is 101 cm³/mol. The van der Waals surface area contributed by atoms with E-state index in [2.05, 4.69) is 10.3 Å². The van der Waals surface area contributed by atoms with E-state index in [0.717, 1.165) is 20.5 Å². The topological polar surface area (TPSA) is 42.0 Å². The lowest BCUT2D eigenvalue weighted by atomic mass is 10.1. The second kappa shape index (κ2) is 7.49. The van der Waals surface area contributed by atoms with Gasteiger partial charge in [-0.15, -0.1) is 34.4 Å². The van der Waals surface area contributed by atoms with Crippen molar-refractivity contribution in [3.8, 4) is 10.6 Å². The Bertz CT molecular complexity index is 811. The summed E-state index contributed by atoms with van der Waals surface area (Å²) in [6, 6.07) is 11.8. The summed E-state index contributed by atoms with van der Waals surface area (Å²) in [4.78, 5) is 18.7. The standard InChI is InChI=1S/C16H13ClN2OS3/c1-21-11-4-2-10(3-5-11)8-15(20)19-16-18-12(9-22-16)13-6-7-14(17)23-13/h2-7,9H,8H2,1H3,(H,18,19,20). The second-order valence-corrected chi connectivity index (χ2v) is 8.17. The molecule has 2 heterocycles. The minimum absolute atomic E-state index is 0.0630. The lowest BCUT2D eigenvalue weighted by Gasteiger charge is -2.03. The fourth-order valence-electron chi connectivity index (χ4n) is 1.99. The van der Waals surface area contributed by atoms with Crippen LogP contribution >= 0.6 is 46.0 Å². The van der Waals surface area contributed by atoms with Crippen LogP contribution in [0.25, 0.3) is 10.6 Å². The quantitative estimate of drug-likeness (QED) is 0.600. The van der Waals surface area contributed by atoms with E-state index >= 15 is 0 Å². The molecule has 0 bridgehead atoms. The molecule has 7 heteroatoms. The zero-order valence-electron chi connectivity index (χ0n) is 12.2. The fraction of sp³-hybridized carbons (Fsp3) is 0.125. The number of hydrogen-bond donors (Lipinski definition) is 1. The first kappa shape index (κ1) is 16.5. The van der Waals surface area contributed by atoms with E-state index in [1.54, 1.807) is 11.8 Å². The SMILES string of the molecule is CSc1ccc(CC(=O)Nc2nc(-c3ccc(Cl)s3)cs2)cc1. The van der Waals surface area contributed by atoms with Gasteiger partial charge in [-0.1, -0.05) is 23.7 Å². The first-order valence-corrected chi connectivity index (χ1v) is 10.1. The van der Waals surface area contributed by atoms with Gasteiger partial charge in [0, 0.05) is 10.3 Å². The third kappa shape index (κ3) is 4.35. The molecule has 0 saturated heterocycles. The van der Waals surface area contributed by atoms with E-state index < -0.39 is 0 Å². The summed E-state index contributed by atoms with van der Waals surface area (Å²) < 4.78 is 0.729. The Hall–Kier alpha value is -1.34. The van der Waals surface area contributed by atoms with E-state index in [4.69, 9.17) is 11.6 Å². The van der Waals surface area contributed by atoms with Crippen LogP contribution in [-0.4, -0.2) is 17.1 Å². The average Bonchev–Trinajstić information content (AvgIpc) is 3.17. The van der Waals surface area contributed by atoms with Crippen molar-refractivity contribution in [2.24, 2.45) is 0 Å². The molecule has 3 aromatic rings. The van der Waals surface area contributed by atoms with Gasteiger partial charge in [0.25, 0.3) is 0 Å². The number of hydrogen-bond acceptors (Lipinski definition) is 5. The summed E-state index contributed by atoms with van der Waals surface area (Å²) in [6.07, 6.45) is 2.37. The van der Waals surface area contributed by atoms with Crippen molar-refractivity contribution in [1.29, 1.82) is 0 Å². The number of nitrogens with one attached hydrogen (secondary N) is 1. The number of nitrogens with zero attached hydrogens (tertiary/aromatic N) is 1. The lowest BCUT2D eigenvalue weighted by molar-refractivity contribution is -0.115. The molecule has 0 fully saturated rings. The van der Waals surface area contributed by atoms with Crippen LogP contribution in [0, 0.1) is 0 Å². The Labute approximate surface area is 151 Å². The molecule has 1 amide bonds. The number of aromatic nitrogens is 1. The average molecular weight is 381 g/mol. The molecule has 3 nitrogen and oxygen atoms in total. The Kier molecular flexibility index (Phi) is 5.38. The van der Waals surface area contributed by atoms with Gasteiger partial charge in [-0.2, -0.15) is 0 Å². The maximum Gasteiger partial charge on any atom is 0.230 e. The zero-order chi connectivity index (χ0) is 16.2. The molecular weight excluding hydrogens is 368 g/mol. The third-order valence-corrected chi connectivity index (χ3v) is 5.85. The molecule has 0 aliphatic heterocycles. The molecule has 0 atom stereocenters. The zero-order valence-corrected chi connectivity index (χ0v) is 15.4. The summed E-state index contributed by atoms with van der Waals surface area (Å²) in [5.41, 5.74) is 1.83. The van der Waals surface area contributed by atoms with Gasteiger partial charge in [-0.05, 0) is 36.1 Å². The largest absolute Gasteiger partial charge is 0.302 e. The van der Waals surface area contributed by atoms with Gasteiger partial charge >= 0.3 is 0 Å². The van der Waals surface area contributed by atoms with Crippen LogP contribution < -0.4 is 5.32 Å². The van der Waals surface area contributed by atoms with Crippen molar-refractivity contribution in [2.45, 2.75) is 11.3 Å². The highest BCUT2D eigenvalue weighted by Gasteiger charge is 2.10. The Morgan fingerprint density at radius 2 is 2.04 bits per heavy atom. The molecule has 0 aliphatic rings. The highest BCUT2D eigenvalue weighted by Crippen LogP contribution is 2.32. The summed E-state index contributed by atoms with van der Waals surface area (Å²) in [5.74, 6) is -0.0630. The first-order valence-electron chi connectivity index (χ1n) is 6.78. The van der Waals surface area contributed by atoms with Crippen molar-refractivity contribution < 1.29 is 4.79 Å². The third-order valence-electron chi connectivity index (χ3n) is 3.10. The number of carbonyl (C=O) groups excluding carboxylic acids is 1. The van der Waals surface area contributed by atoms with Crippen LogP contribution in [0.5, 0.6) is 0 Å². The summed E-state index contributed by atoms with van der Waals surface area (Å²) >= 11 is 10.5. The fourth-order valence-corrected chi connectivity index (χ4v) is 4.20. The Morgan fingerprint density at radius 1 is 1.26 bits per heavy atom.